The van der Waals surface area contributed by atoms with Crippen molar-refractivity contribution < 1.29 is 13.9 Å². The Morgan fingerprint density at radius 2 is 2.10 bits per heavy atom. The number of Topliss-reactive ketones (excluding diaryl/α,β-unsaturated/α-hetero) is 1. The number of likely N-dealkylation sites (tertiary alicyclic amines) is 1. The first-order valence-electron chi connectivity index (χ1n) is 7.59. The van der Waals surface area contributed by atoms with E-state index in [1.807, 2.05) is 0 Å². The van der Waals surface area contributed by atoms with Gasteiger partial charge in [-0.15, -0.1) is 0 Å². The van der Waals surface area contributed by atoms with Gasteiger partial charge in [0.15, 0.2) is 0 Å². The molecule has 0 N–H and O–H groups in total. The van der Waals surface area contributed by atoms with E-state index in [1.54, 1.807) is 13.0 Å². The second-order valence-electron chi connectivity index (χ2n) is 6.02. The molecule has 2 fully saturated rings. The Bertz CT molecular complexity index is 500. The summed E-state index contributed by atoms with van der Waals surface area (Å²) < 4.78 is 18.5. The number of pyridine rings is 1. The Labute approximate surface area is 124 Å². The number of halogens is 1. The van der Waals surface area contributed by atoms with Crippen molar-refractivity contribution in [3.05, 3.63) is 29.8 Å². The smallest absolute Gasteiger partial charge is 0.141 e. The van der Waals surface area contributed by atoms with Crippen molar-refractivity contribution in [1.29, 1.82) is 0 Å². The standard InChI is InChI=1S/C16H21FN2O2/c1-11(20)14-9-19(13-4-6-21-7-5-13)10-15(14)16-3-2-12(17)8-18-16/h2-3,8,13-15H,4-7,9-10H2,1H3/t14-,15+/m0/s1. The second-order valence-corrected chi connectivity index (χ2v) is 6.02. The van der Waals surface area contributed by atoms with E-state index in [9.17, 15) is 9.18 Å². The highest BCUT2D eigenvalue weighted by Gasteiger charge is 2.40. The van der Waals surface area contributed by atoms with Gasteiger partial charge in [-0.2, -0.15) is 0 Å². The van der Waals surface area contributed by atoms with Gasteiger partial charge in [0.2, 0.25) is 0 Å². The molecule has 1 aromatic rings. The third kappa shape index (κ3) is 3.14. The van der Waals surface area contributed by atoms with Crippen LogP contribution in [0.25, 0.3) is 0 Å². The minimum absolute atomic E-state index is 0.0363. The van der Waals surface area contributed by atoms with E-state index in [2.05, 4.69) is 9.88 Å². The van der Waals surface area contributed by atoms with Crippen molar-refractivity contribution in [2.45, 2.75) is 31.7 Å². The Balaban J connectivity index is 1.78. The molecule has 3 heterocycles. The van der Waals surface area contributed by atoms with Crippen molar-refractivity contribution >= 4 is 5.78 Å². The van der Waals surface area contributed by atoms with E-state index in [-0.39, 0.29) is 23.4 Å². The van der Waals surface area contributed by atoms with Crippen LogP contribution in [0.4, 0.5) is 4.39 Å². The molecular weight excluding hydrogens is 271 g/mol. The summed E-state index contributed by atoms with van der Waals surface area (Å²) >= 11 is 0. The number of hydrogen-bond donors (Lipinski definition) is 0. The zero-order valence-corrected chi connectivity index (χ0v) is 12.3. The van der Waals surface area contributed by atoms with E-state index in [4.69, 9.17) is 4.74 Å². The monoisotopic (exact) mass is 292 g/mol. The highest BCUT2D eigenvalue weighted by molar-refractivity contribution is 5.80. The van der Waals surface area contributed by atoms with Gasteiger partial charge in [0.25, 0.3) is 0 Å². The first-order chi connectivity index (χ1) is 10.1. The Hall–Kier alpha value is -1.33. The van der Waals surface area contributed by atoms with Gasteiger partial charge in [-0.25, -0.2) is 4.39 Å². The molecule has 0 bridgehead atoms. The fraction of sp³-hybridized carbons (Fsp3) is 0.625. The van der Waals surface area contributed by atoms with E-state index in [1.165, 1.54) is 12.3 Å². The summed E-state index contributed by atoms with van der Waals surface area (Å²) in [6, 6.07) is 3.63. The number of hydrogen-bond acceptors (Lipinski definition) is 4. The average molecular weight is 292 g/mol. The van der Waals surface area contributed by atoms with Crippen LogP contribution in [0.2, 0.25) is 0 Å². The van der Waals surface area contributed by atoms with Gasteiger partial charge in [0.05, 0.1) is 6.20 Å². The van der Waals surface area contributed by atoms with Crippen LogP contribution in [0.1, 0.15) is 31.4 Å². The molecule has 2 saturated heterocycles. The molecule has 5 heteroatoms. The summed E-state index contributed by atoms with van der Waals surface area (Å²) in [6.45, 7) is 4.85. The van der Waals surface area contributed by atoms with Crippen LogP contribution in [0.5, 0.6) is 0 Å². The van der Waals surface area contributed by atoms with E-state index in [0.29, 0.717) is 6.04 Å². The lowest BCUT2D eigenvalue weighted by molar-refractivity contribution is -0.120. The molecule has 4 nitrogen and oxygen atoms in total. The third-order valence-electron chi connectivity index (χ3n) is 4.71. The highest BCUT2D eigenvalue weighted by atomic mass is 19.1. The normalized spacial score (nSPS) is 27.9. The van der Waals surface area contributed by atoms with Crippen LogP contribution < -0.4 is 0 Å². The van der Waals surface area contributed by atoms with Gasteiger partial charge in [-0.3, -0.25) is 14.7 Å². The van der Waals surface area contributed by atoms with E-state index < -0.39 is 0 Å². The molecule has 2 atom stereocenters. The van der Waals surface area contributed by atoms with Crippen molar-refractivity contribution in [1.82, 2.24) is 9.88 Å². The second kappa shape index (κ2) is 6.20. The summed E-state index contributed by atoms with van der Waals surface area (Å²) in [5.41, 5.74) is 0.825. The fourth-order valence-corrected chi connectivity index (χ4v) is 3.50. The largest absolute Gasteiger partial charge is 0.381 e. The zero-order valence-electron chi connectivity index (χ0n) is 12.3. The van der Waals surface area contributed by atoms with Crippen molar-refractivity contribution in [3.8, 4) is 0 Å². The van der Waals surface area contributed by atoms with Crippen LogP contribution >= 0.6 is 0 Å². The summed E-state index contributed by atoms with van der Waals surface area (Å²) in [6.07, 6.45) is 3.28. The molecule has 0 aliphatic carbocycles. The lowest BCUT2D eigenvalue weighted by Crippen LogP contribution is -2.38. The topological polar surface area (TPSA) is 42.4 Å². The quantitative estimate of drug-likeness (QED) is 0.854. The lowest BCUT2D eigenvalue weighted by Gasteiger charge is -2.31. The molecule has 2 aliphatic rings. The first kappa shape index (κ1) is 14.6. The van der Waals surface area contributed by atoms with Crippen LogP contribution in [0, 0.1) is 11.7 Å². The number of ether oxygens (including phenoxy) is 1. The van der Waals surface area contributed by atoms with Gasteiger partial charge in [0.1, 0.15) is 11.6 Å². The van der Waals surface area contributed by atoms with Crippen molar-refractivity contribution in [3.63, 3.8) is 0 Å². The van der Waals surface area contributed by atoms with Crippen LogP contribution in [0.3, 0.4) is 0 Å². The zero-order chi connectivity index (χ0) is 14.8. The van der Waals surface area contributed by atoms with Crippen LogP contribution in [-0.2, 0) is 9.53 Å². The fourth-order valence-electron chi connectivity index (χ4n) is 3.50. The molecule has 0 aromatic carbocycles. The number of rotatable bonds is 3. The predicted molar refractivity (Wildman–Crippen MR) is 76.5 cm³/mol. The Morgan fingerprint density at radius 1 is 1.33 bits per heavy atom. The van der Waals surface area contributed by atoms with E-state index in [0.717, 1.165) is 44.8 Å². The van der Waals surface area contributed by atoms with Gasteiger partial charge in [-0.1, -0.05) is 0 Å². The van der Waals surface area contributed by atoms with Gasteiger partial charge >= 0.3 is 0 Å². The molecular formula is C16H21FN2O2. The maximum Gasteiger partial charge on any atom is 0.141 e. The molecule has 3 rings (SSSR count). The summed E-state index contributed by atoms with van der Waals surface area (Å²) in [7, 11) is 0. The van der Waals surface area contributed by atoms with Crippen molar-refractivity contribution in [2.75, 3.05) is 26.3 Å². The lowest BCUT2D eigenvalue weighted by atomic mass is 9.89. The van der Waals surface area contributed by atoms with Crippen LogP contribution in [-0.4, -0.2) is 48.0 Å². The molecule has 0 saturated carbocycles. The molecule has 0 radical (unpaired) electrons. The Morgan fingerprint density at radius 3 is 2.71 bits per heavy atom. The molecule has 21 heavy (non-hydrogen) atoms. The SMILES string of the molecule is CC(=O)[C@@H]1CN(C2CCOCC2)C[C@H]1c1ccc(F)cn1. The molecule has 2 aliphatic heterocycles. The highest BCUT2D eigenvalue weighted by Crippen LogP contribution is 2.35. The number of carbonyl (C=O) groups excluding carboxylic acids is 1. The number of aromatic nitrogens is 1. The minimum atomic E-state index is -0.336. The summed E-state index contributed by atoms with van der Waals surface area (Å²) in [5.74, 6) is -0.102. The van der Waals surface area contributed by atoms with Gasteiger partial charge in [0, 0.05) is 49.9 Å². The molecule has 0 unspecified atom stereocenters. The Kier molecular flexibility index (Phi) is 4.31. The number of carbonyl (C=O) groups is 1. The first-order valence-corrected chi connectivity index (χ1v) is 7.59. The molecule has 1 aromatic heterocycles. The summed E-state index contributed by atoms with van der Waals surface area (Å²) in [5, 5.41) is 0. The summed E-state index contributed by atoms with van der Waals surface area (Å²) in [4.78, 5) is 18.6. The third-order valence-corrected chi connectivity index (χ3v) is 4.71. The minimum Gasteiger partial charge on any atom is -0.381 e. The number of nitrogens with zero attached hydrogens (tertiary/aromatic N) is 2. The van der Waals surface area contributed by atoms with Gasteiger partial charge in [-0.05, 0) is 31.9 Å². The molecule has 0 spiro atoms. The van der Waals surface area contributed by atoms with E-state index >= 15 is 0 Å². The van der Waals surface area contributed by atoms with Gasteiger partial charge < -0.3 is 4.74 Å². The average Bonchev–Trinajstić information content (AvgIpc) is 2.94. The molecule has 114 valence electrons. The molecule has 0 amide bonds. The van der Waals surface area contributed by atoms with Crippen LogP contribution in [0.15, 0.2) is 18.3 Å². The number of ketones is 1. The van der Waals surface area contributed by atoms with Crippen molar-refractivity contribution in [2.24, 2.45) is 5.92 Å². The maximum absolute atomic E-state index is 13.0. The maximum atomic E-state index is 13.0. The predicted octanol–water partition coefficient (Wildman–Crippen LogP) is 2.00.